The van der Waals surface area contributed by atoms with E-state index in [-0.39, 0.29) is 5.56 Å². The molecule has 0 aromatic carbocycles. The summed E-state index contributed by atoms with van der Waals surface area (Å²) in [6, 6.07) is 1.57. The molecular formula is C10H15BrN2O. The number of hydrogen-bond donors (Lipinski definition) is 0. The Balaban J connectivity index is 2.81. The van der Waals surface area contributed by atoms with Gasteiger partial charge in [-0.15, -0.1) is 0 Å². The molecule has 1 rings (SSSR count). The van der Waals surface area contributed by atoms with Gasteiger partial charge in [0.05, 0.1) is 6.33 Å². The van der Waals surface area contributed by atoms with Gasteiger partial charge in [0.25, 0.3) is 5.56 Å². The van der Waals surface area contributed by atoms with Gasteiger partial charge in [-0.2, -0.15) is 0 Å². The molecule has 0 amide bonds. The number of aromatic nitrogens is 2. The Morgan fingerprint density at radius 2 is 2.36 bits per heavy atom. The van der Waals surface area contributed by atoms with Gasteiger partial charge in [0, 0.05) is 23.6 Å². The fourth-order valence-electron chi connectivity index (χ4n) is 1.22. The lowest BCUT2D eigenvalue weighted by Gasteiger charge is -2.12. The van der Waals surface area contributed by atoms with E-state index in [1.807, 2.05) is 6.92 Å². The first-order valence-electron chi connectivity index (χ1n) is 4.76. The summed E-state index contributed by atoms with van der Waals surface area (Å²) in [5.74, 6) is 0.497. The highest BCUT2D eigenvalue weighted by atomic mass is 79.9. The predicted molar refractivity (Wildman–Crippen MR) is 60.8 cm³/mol. The Morgan fingerprint density at radius 1 is 1.64 bits per heavy atom. The molecule has 0 spiro atoms. The lowest BCUT2D eigenvalue weighted by molar-refractivity contribution is 0.464. The van der Waals surface area contributed by atoms with Gasteiger partial charge >= 0.3 is 0 Å². The highest BCUT2D eigenvalue weighted by Crippen LogP contribution is 2.08. The monoisotopic (exact) mass is 258 g/mol. The molecule has 14 heavy (non-hydrogen) atoms. The summed E-state index contributed by atoms with van der Waals surface area (Å²) < 4.78 is 1.67. The lowest BCUT2D eigenvalue weighted by atomic mass is 10.1. The molecule has 0 saturated heterocycles. The summed E-state index contributed by atoms with van der Waals surface area (Å²) in [7, 11) is 0. The van der Waals surface area contributed by atoms with Gasteiger partial charge in [-0.3, -0.25) is 9.36 Å². The number of alkyl halides is 1. The van der Waals surface area contributed by atoms with Crippen LogP contribution in [0.3, 0.4) is 0 Å². The van der Waals surface area contributed by atoms with E-state index in [0.29, 0.717) is 5.92 Å². The third-order valence-electron chi connectivity index (χ3n) is 2.27. The molecule has 4 heteroatoms. The second kappa shape index (κ2) is 5.29. The summed E-state index contributed by atoms with van der Waals surface area (Å²) >= 11 is 3.44. The highest BCUT2D eigenvalue weighted by molar-refractivity contribution is 9.09. The Hall–Kier alpha value is -0.640. The van der Waals surface area contributed by atoms with Crippen LogP contribution in [0.2, 0.25) is 0 Å². The van der Waals surface area contributed by atoms with Gasteiger partial charge < -0.3 is 0 Å². The third kappa shape index (κ3) is 2.94. The molecule has 1 unspecified atom stereocenters. The first kappa shape index (κ1) is 11.4. The molecule has 0 aliphatic heterocycles. The van der Waals surface area contributed by atoms with Crippen molar-refractivity contribution in [1.29, 1.82) is 0 Å². The second-order valence-corrected chi connectivity index (χ2v) is 4.10. The van der Waals surface area contributed by atoms with Crippen molar-refractivity contribution >= 4 is 15.9 Å². The van der Waals surface area contributed by atoms with Crippen molar-refractivity contribution in [1.82, 2.24) is 9.55 Å². The smallest absolute Gasteiger partial charge is 0.253 e. The standard InChI is InChI=1S/C10H15BrN2O/c1-3-9(5-11)6-13-7-12-8(2)4-10(13)14/h4,7,9H,3,5-6H2,1-2H3. The minimum absolute atomic E-state index is 0.0388. The summed E-state index contributed by atoms with van der Waals surface area (Å²) in [6.07, 6.45) is 2.69. The maximum absolute atomic E-state index is 11.5. The van der Waals surface area contributed by atoms with Crippen LogP contribution in [0.25, 0.3) is 0 Å². The van der Waals surface area contributed by atoms with Crippen LogP contribution < -0.4 is 5.56 Å². The molecule has 0 fully saturated rings. The van der Waals surface area contributed by atoms with Crippen LogP contribution in [0.15, 0.2) is 17.2 Å². The van der Waals surface area contributed by atoms with Crippen molar-refractivity contribution in [3.8, 4) is 0 Å². The molecular weight excluding hydrogens is 244 g/mol. The molecule has 1 atom stereocenters. The van der Waals surface area contributed by atoms with Gasteiger partial charge in [0.2, 0.25) is 0 Å². The first-order valence-corrected chi connectivity index (χ1v) is 5.88. The van der Waals surface area contributed by atoms with E-state index in [1.165, 1.54) is 0 Å². The zero-order valence-electron chi connectivity index (χ0n) is 8.53. The third-order valence-corrected chi connectivity index (χ3v) is 3.18. The minimum atomic E-state index is 0.0388. The van der Waals surface area contributed by atoms with Gasteiger partial charge in [0.1, 0.15) is 0 Å². The first-order chi connectivity index (χ1) is 6.67. The zero-order chi connectivity index (χ0) is 10.6. The number of nitrogens with zero attached hydrogens (tertiary/aromatic N) is 2. The van der Waals surface area contributed by atoms with E-state index < -0.39 is 0 Å². The molecule has 0 N–H and O–H groups in total. The quantitative estimate of drug-likeness (QED) is 0.775. The molecule has 0 radical (unpaired) electrons. The van der Waals surface area contributed by atoms with Crippen LogP contribution in [-0.2, 0) is 6.54 Å². The molecule has 78 valence electrons. The maximum atomic E-state index is 11.5. The van der Waals surface area contributed by atoms with Gasteiger partial charge in [0.15, 0.2) is 0 Å². The van der Waals surface area contributed by atoms with Crippen LogP contribution in [0, 0.1) is 12.8 Å². The Labute approximate surface area is 92.3 Å². The van der Waals surface area contributed by atoms with Crippen LogP contribution >= 0.6 is 15.9 Å². The van der Waals surface area contributed by atoms with Crippen molar-refractivity contribution in [2.24, 2.45) is 5.92 Å². The molecule has 1 aromatic rings. The van der Waals surface area contributed by atoms with E-state index >= 15 is 0 Å². The highest BCUT2D eigenvalue weighted by Gasteiger charge is 2.06. The summed E-state index contributed by atoms with van der Waals surface area (Å²) in [4.78, 5) is 15.6. The Bertz CT molecular complexity index is 344. The number of halogens is 1. The van der Waals surface area contributed by atoms with Gasteiger partial charge in [-0.1, -0.05) is 29.3 Å². The summed E-state index contributed by atoms with van der Waals surface area (Å²) in [6.45, 7) is 4.69. The fourth-order valence-corrected chi connectivity index (χ4v) is 1.88. The van der Waals surface area contributed by atoms with Crippen molar-refractivity contribution in [3.05, 3.63) is 28.4 Å². The van der Waals surface area contributed by atoms with Crippen molar-refractivity contribution in [3.63, 3.8) is 0 Å². The number of hydrogen-bond acceptors (Lipinski definition) is 2. The Morgan fingerprint density at radius 3 is 2.86 bits per heavy atom. The predicted octanol–water partition coefficient (Wildman–Crippen LogP) is 1.97. The van der Waals surface area contributed by atoms with Crippen LogP contribution in [0.1, 0.15) is 19.0 Å². The minimum Gasteiger partial charge on any atom is -0.299 e. The largest absolute Gasteiger partial charge is 0.299 e. The normalized spacial score (nSPS) is 12.8. The van der Waals surface area contributed by atoms with Crippen LogP contribution in [0.4, 0.5) is 0 Å². The van der Waals surface area contributed by atoms with Gasteiger partial charge in [-0.05, 0) is 12.8 Å². The molecule has 0 aliphatic rings. The van der Waals surface area contributed by atoms with Crippen molar-refractivity contribution < 1.29 is 0 Å². The van der Waals surface area contributed by atoms with E-state index in [2.05, 4.69) is 27.8 Å². The van der Waals surface area contributed by atoms with Crippen molar-refractivity contribution in [2.75, 3.05) is 5.33 Å². The van der Waals surface area contributed by atoms with Crippen LogP contribution in [0.5, 0.6) is 0 Å². The second-order valence-electron chi connectivity index (χ2n) is 3.45. The van der Waals surface area contributed by atoms with Crippen LogP contribution in [-0.4, -0.2) is 14.9 Å². The molecule has 1 heterocycles. The summed E-state index contributed by atoms with van der Waals surface area (Å²) in [5.41, 5.74) is 0.815. The van der Waals surface area contributed by atoms with E-state index in [1.54, 1.807) is 17.0 Å². The molecule has 0 aliphatic carbocycles. The molecule has 3 nitrogen and oxygen atoms in total. The van der Waals surface area contributed by atoms with E-state index in [0.717, 1.165) is 24.0 Å². The Kier molecular flexibility index (Phi) is 4.32. The zero-order valence-corrected chi connectivity index (χ0v) is 10.1. The van der Waals surface area contributed by atoms with E-state index in [9.17, 15) is 4.79 Å². The fraction of sp³-hybridized carbons (Fsp3) is 0.600. The average Bonchev–Trinajstić information content (AvgIpc) is 2.17. The van der Waals surface area contributed by atoms with Crippen molar-refractivity contribution in [2.45, 2.75) is 26.8 Å². The molecule has 0 bridgehead atoms. The molecule has 1 aromatic heterocycles. The van der Waals surface area contributed by atoms with E-state index in [4.69, 9.17) is 0 Å². The SMILES string of the molecule is CCC(CBr)Cn1cnc(C)cc1=O. The molecule has 0 saturated carbocycles. The number of rotatable bonds is 4. The average molecular weight is 259 g/mol. The topological polar surface area (TPSA) is 34.9 Å². The maximum Gasteiger partial charge on any atom is 0.253 e. The summed E-state index contributed by atoms with van der Waals surface area (Å²) in [5, 5.41) is 0.920. The van der Waals surface area contributed by atoms with Gasteiger partial charge in [-0.25, -0.2) is 4.98 Å². The number of aryl methyl sites for hydroxylation is 1. The lowest BCUT2D eigenvalue weighted by Crippen LogP contribution is -2.24.